The number of hydrogen-bond donors (Lipinski definition) is 1. The Kier molecular flexibility index (Phi) is 7.46. The van der Waals surface area contributed by atoms with E-state index in [9.17, 15) is 9.18 Å². The normalized spacial score (nSPS) is 24.3. The van der Waals surface area contributed by atoms with Crippen molar-refractivity contribution in [3.8, 4) is 0 Å². The van der Waals surface area contributed by atoms with E-state index in [4.69, 9.17) is 5.11 Å². The molecule has 2 aliphatic rings. The molecule has 0 amide bonds. The number of rotatable bonds is 4. The van der Waals surface area contributed by atoms with Crippen LogP contribution in [0, 0.1) is 17.7 Å². The van der Waals surface area contributed by atoms with E-state index in [2.05, 4.69) is 16.8 Å². The van der Waals surface area contributed by atoms with Crippen molar-refractivity contribution in [2.75, 3.05) is 26.7 Å². The van der Waals surface area contributed by atoms with Crippen LogP contribution in [-0.4, -0.2) is 47.6 Å². The zero-order chi connectivity index (χ0) is 18.3. The topological polar surface area (TPSA) is 43.8 Å². The summed E-state index contributed by atoms with van der Waals surface area (Å²) in [6.45, 7) is 3.72. The van der Waals surface area contributed by atoms with Gasteiger partial charge < -0.3 is 5.11 Å². The summed E-state index contributed by atoms with van der Waals surface area (Å²) in [5.41, 5.74) is 2.41. The van der Waals surface area contributed by atoms with E-state index in [0.29, 0.717) is 17.4 Å². The first-order valence-corrected chi connectivity index (χ1v) is 9.01. The fourth-order valence-electron chi connectivity index (χ4n) is 4.73. The van der Waals surface area contributed by atoms with E-state index in [0.717, 1.165) is 37.3 Å². The Balaban J connectivity index is 0.00000140. The lowest BCUT2D eigenvalue weighted by atomic mass is 9.89. The average Bonchev–Trinajstić information content (AvgIpc) is 3.10. The number of carboxylic acids is 1. The van der Waals surface area contributed by atoms with E-state index < -0.39 is 5.97 Å². The number of carbonyl (C=O) groups is 1. The fourth-order valence-corrected chi connectivity index (χ4v) is 4.73. The van der Waals surface area contributed by atoms with Crippen molar-refractivity contribution >= 4 is 30.8 Å². The van der Waals surface area contributed by atoms with Gasteiger partial charge in [-0.25, -0.2) is 9.18 Å². The number of halogens is 3. The Morgan fingerprint density at radius 2 is 1.86 bits per heavy atom. The van der Waals surface area contributed by atoms with Crippen molar-refractivity contribution < 1.29 is 14.3 Å². The molecular weight excluding hydrogens is 402 g/mol. The largest absolute Gasteiger partial charge is 0.478 e. The van der Waals surface area contributed by atoms with E-state index in [1.165, 1.54) is 6.07 Å². The molecule has 0 bridgehead atoms. The fraction of sp³-hybridized carbons (Fsp3) is 0.381. The van der Waals surface area contributed by atoms with Crippen LogP contribution in [-0.2, 0) is 6.54 Å². The minimum absolute atomic E-state index is 0. The van der Waals surface area contributed by atoms with Crippen LogP contribution in [0.15, 0.2) is 48.5 Å². The van der Waals surface area contributed by atoms with Crippen LogP contribution < -0.4 is 0 Å². The second-order valence-corrected chi connectivity index (χ2v) is 7.56. The first-order chi connectivity index (χ1) is 12.5. The minimum Gasteiger partial charge on any atom is -0.478 e. The highest BCUT2D eigenvalue weighted by molar-refractivity contribution is 5.87. The van der Waals surface area contributed by atoms with E-state index in [-0.39, 0.29) is 36.7 Å². The molecule has 0 radical (unpaired) electrons. The summed E-state index contributed by atoms with van der Waals surface area (Å²) >= 11 is 0. The summed E-state index contributed by atoms with van der Waals surface area (Å²) in [6.07, 6.45) is 0. The van der Waals surface area contributed by atoms with Crippen LogP contribution in [0.3, 0.4) is 0 Å². The van der Waals surface area contributed by atoms with Gasteiger partial charge in [0.1, 0.15) is 5.82 Å². The van der Waals surface area contributed by atoms with Gasteiger partial charge in [0.25, 0.3) is 0 Å². The van der Waals surface area contributed by atoms with Crippen LogP contribution in [0.1, 0.15) is 27.5 Å². The molecule has 0 aromatic heterocycles. The molecule has 0 unspecified atom stereocenters. The highest BCUT2D eigenvalue weighted by atomic mass is 35.5. The van der Waals surface area contributed by atoms with Gasteiger partial charge in [-0.2, -0.15) is 0 Å². The maximum Gasteiger partial charge on any atom is 0.335 e. The quantitative estimate of drug-likeness (QED) is 0.798. The van der Waals surface area contributed by atoms with Crippen LogP contribution in [0.2, 0.25) is 0 Å². The molecule has 2 aromatic carbocycles. The van der Waals surface area contributed by atoms with Crippen molar-refractivity contribution in [2.24, 2.45) is 11.8 Å². The number of benzene rings is 2. The number of likely N-dealkylation sites (tertiary alicyclic amines) is 2. The number of aromatic carboxylic acids is 1. The predicted octanol–water partition coefficient (Wildman–Crippen LogP) is 4.10. The zero-order valence-electron chi connectivity index (χ0n) is 15.6. The van der Waals surface area contributed by atoms with Gasteiger partial charge in [0.15, 0.2) is 0 Å². The molecule has 7 heteroatoms. The SMILES string of the molecule is CN1C[C@H]2CN(Cc3cccc(C(=O)O)c3)C[C@H]2[C@@H]1c1cccc(F)c1.Cl.Cl. The Morgan fingerprint density at radius 3 is 2.57 bits per heavy atom. The standard InChI is InChI=1S/C21H23FN2O2.2ClH/c1-23-11-17-12-24(10-14-4-2-6-16(8-14)21(25)26)13-19(17)20(23)15-5-3-7-18(22)9-15;;/h2-9,17,19-20H,10-13H2,1H3,(H,25,26);2*1H/t17-,19+,20-;;/m0../s1. The molecule has 2 aromatic rings. The number of hydrogen-bond acceptors (Lipinski definition) is 3. The van der Waals surface area contributed by atoms with Gasteiger partial charge in [0.05, 0.1) is 5.56 Å². The Morgan fingerprint density at radius 1 is 1.11 bits per heavy atom. The van der Waals surface area contributed by atoms with Crippen molar-refractivity contribution in [3.05, 3.63) is 71.0 Å². The highest BCUT2D eigenvalue weighted by Gasteiger charge is 2.45. The van der Waals surface area contributed by atoms with Gasteiger partial charge in [-0.1, -0.05) is 24.3 Å². The van der Waals surface area contributed by atoms with E-state index >= 15 is 0 Å². The lowest BCUT2D eigenvalue weighted by Gasteiger charge is -2.27. The molecule has 0 saturated carbocycles. The summed E-state index contributed by atoms with van der Waals surface area (Å²) in [7, 11) is 2.12. The van der Waals surface area contributed by atoms with Crippen molar-refractivity contribution in [1.82, 2.24) is 9.80 Å². The molecule has 28 heavy (non-hydrogen) atoms. The van der Waals surface area contributed by atoms with E-state index in [1.807, 2.05) is 12.1 Å². The molecule has 0 spiro atoms. The molecule has 2 heterocycles. The Labute approximate surface area is 177 Å². The Bertz CT molecular complexity index is 836. The monoisotopic (exact) mass is 426 g/mol. The average molecular weight is 427 g/mol. The maximum absolute atomic E-state index is 13.7. The first kappa shape index (κ1) is 22.6. The molecule has 2 saturated heterocycles. The van der Waals surface area contributed by atoms with Crippen molar-refractivity contribution in [3.63, 3.8) is 0 Å². The van der Waals surface area contributed by atoms with Gasteiger partial charge in [0, 0.05) is 32.2 Å². The number of fused-ring (bicyclic) bond motifs is 1. The third kappa shape index (κ3) is 4.49. The minimum atomic E-state index is -0.891. The molecule has 2 aliphatic heterocycles. The summed E-state index contributed by atoms with van der Waals surface area (Å²) in [6, 6.07) is 14.4. The lowest BCUT2D eigenvalue weighted by molar-refractivity contribution is 0.0696. The molecule has 3 atom stereocenters. The second kappa shape index (κ2) is 9.23. The van der Waals surface area contributed by atoms with Crippen molar-refractivity contribution in [1.29, 1.82) is 0 Å². The highest BCUT2D eigenvalue weighted by Crippen LogP contribution is 2.44. The van der Waals surface area contributed by atoms with Crippen LogP contribution in [0.4, 0.5) is 4.39 Å². The molecule has 4 nitrogen and oxygen atoms in total. The third-order valence-corrected chi connectivity index (χ3v) is 5.74. The van der Waals surface area contributed by atoms with E-state index in [1.54, 1.807) is 30.3 Å². The molecule has 1 N–H and O–H groups in total. The predicted molar refractivity (Wildman–Crippen MR) is 112 cm³/mol. The zero-order valence-corrected chi connectivity index (χ0v) is 17.3. The van der Waals surface area contributed by atoms with Crippen LogP contribution in [0.5, 0.6) is 0 Å². The molecule has 0 aliphatic carbocycles. The summed E-state index contributed by atoms with van der Waals surface area (Å²) < 4.78 is 13.7. The van der Waals surface area contributed by atoms with Gasteiger partial charge in [-0.3, -0.25) is 9.80 Å². The molecular formula is C21H25Cl2FN2O2. The maximum atomic E-state index is 13.7. The van der Waals surface area contributed by atoms with Gasteiger partial charge >= 0.3 is 5.97 Å². The van der Waals surface area contributed by atoms with Crippen LogP contribution >= 0.6 is 24.8 Å². The molecule has 2 fully saturated rings. The van der Waals surface area contributed by atoms with Gasteiger partial charge in [-0.05, 0) is 54.3 Å². The van der Waals surface area contributed by atoms with Gasteiger partial charge in [0.2, 0.25) is 0 Å². The summed E-state index contributed by atoms with van der Waals surface area (Å²) in [5, 5.41) is 9.16. The van der Waals surface area contributed by atoms with Crippen LogP contribution in [0.25, 0.3) is 0 Å². The molecule has 4 rings (SSSR count). The first-order valence-electron chi connectivity index (χ1n) is 9.01. The number of nitrogens with zero attached hydrogens (tertiary/aromatic N) is 2. The Hall–Kier alpha value is -1.66. The number of carboxylic acid groups (broad SMARTS) is 1. The summed E-state index contributed by atoms with van der Waals surface area (Å²) in [5.74, 6) is -0.0296. The molecule has 152 valence electrons. The van der Waals surface area contributed by atoms with Gasteiger partial charge in [-0.15, -0.1) is 24.8 Å². The lowest BCUT2D eigenvalue weighted by Crippen LogP contribution is -2.29. The van der Waals surface area contributed by atoms with Crippen molar-refractivity contribution in [2.45, 2.75) is 12.6 Å². The second-order valence-electron chi connectivity index (χ2n) is 7.56. The summed E-state index contributed by atoms with van der Waals surface area (Å²) in [4.78, 5) is 15.9. The third-order valence-electron chi connectivity index (χ3n) is 5.74. The smallest absolute Gasteiger partial charge is 0.335 e.